The molecule has 0 spiro atoms. The molecule has 0 aliphatic heterocycles. The van der Waals surface area contributed by atoms with Crippen LogP contribution in [0, 0.1) is 0 Å². The van der Waals surface area contributed by atoms with Crippen molar-refractivity contribution in [2.24, 2.45) is 11.5 Å². The van der Waals surface area contributed by atoms with Crippen molar-refractivity contribution in [2.75, 3.05) is 59.4 Å². The van der Waals surface area contributed by atoms with E-state index >= 15 is 0 Å². The molecule has 1 unspecified atom stereocenters. The number of rotatable bonds is 18. The molecule has 6 rings (SSSR count). The number of ether oxygens (including phenoxy) is 5. The van der Waals surface area contributed by atoms with E-state index in [-0.39, 0.29) is 38.3 Å². The van der Waals surface area contributed by atoms with Gasteiger partial charge in [-0.2, -0.15) is 0 Å². The molecule has 3 amide bonds. The highest BCUT2D eigenvalue weighted by Crippen LogP contribution is 2.45. The second-order valence-corrected chi connectivity index (χ2v) is 12.5. The van der Waals surface area contributed by atoms with Gasteiger partial charge in [0.1, 0.15) is 19.8 Å². The number of amides is 3. The summed E-state index contributed by atoms with van der Waals surface area (Å²) in [5.74, 6) is -4.32. The SMILES string of the molecule is NCCOCCOCCOCC(=O)NC(NC(=O)OCC1c2ccccc2-c2ccccc21)(C(N)=O)C(=O)OCC1c2ccccc2-c2ccccc21. The number of benzene rings is 4. The standard InChI is InChI=1S/C40H42N4O9/c41-17-18-49-19-20-50-21-22-51-25-36(45)43-40(37(42)46,38(47)52-23-34-30-13-5-1-9-26(30)27-10-2-6-14-31(27)34)44-39(48)53-24-35-32-15-7-3-11-28(32)29-12-4-8-16-33(29)35/h1-16,34-35H,17-25,41H2,(H2,42,46)(H,43,45)(H,44,48). The molecular weight excluding hydrogens is 680 g/mol. The van der Waals surface area contributed by atoms with Crippen LogP contribution in [0.5, 0.6) is 0 Å². The molecule has 0 bridgehead atoms. The highest BCUT2D eigenvalue weighted by Gasteiger charge is 2.50. The Morgan fingerprint density at radius 2 is 0.981 bits per heavy atom. The van der Waals surface area contributed by atoms with E-state index in [0.29, 0.717) is 26.4 Å². The zero-order chi connectivity index (χ0) is 37.2. The van der Waals surface area contributed by atoms with E-state index in [2.05, 4.69) is 10.6 Å². The van der Waals surface area contributed by atoms with Gasteiger partial charge in [-0.25, -0.2) is 9.59 Å². The minimum absolute atomic E-state index is 0.0125. The third kappa shape index (κ3) is 8.23. The molecule has 13 heteroatoms. The van der Waals surface area contributed by atoms with Gasteiger partial charge < -0.3 is 40.5 Å². The average molecular weight is 723 g/mol. The molecule has 0 aromatic heterocycles. The van der Waals surface area contributed by atoms with Crippen LogP contribution in [0.15, 0.2) is 97.1 Å². The third-order valence-corrected chi connectivity index (χ3v) is 9.22. The van der Waals surface area contributed by atoms with Crippen molar-refractivity contribution < 1.29 is 42.9 Å². The maximum Gasteiger partial charge on any atom is 0.409 e. The summed E-state index contributed by atoms with van der Waals surface area (Å²) >= 11 is 0. The summed E-state index contributed by atoms with van der Waals surface area (Å²) in [7, 11) is 0. The summed E-state index contributed by atoms with van der Waals surface area (Å²) in [5, 5.41) is 4.50. The minimum atomic E-state index is -2.84. The number of primary amides is 1. The van der Waals surface area contributed by atoms with E-state index in [1.165, 1.54) is 0 Å². The number of nitrogens with one attached hydrogen (secondary N) is 2. The van der Waals surface area contributed by atoms with Crippen LogP contribution in [0.25, 0.3) is 22.3 Å². The smallest absolute Gasteiger partial charge is 0.409 e. The Hall–Kier alpha value is -5.60. The number of nitrogens with two attached hydrogens (primary N) is 2. The van der Waals surface area contributed by atoms with Gasteiger partial charge in [-0.3, -0.25) is 14.9 Å². The van der Waals surface area contributed by atoms with Gasteiger partial charge in [0.15, 0.2) is 0 Å². The first-order valence-corrected chi connectivity index (χ1v) is 17.4. The van der Waals surface area contributed by atoms with E-state index in [0.717, 1.165) is 44.5 Å². The van der Waals surface area contributed by atoms with Gasteiger partial charge in [-0.15, -0.1) is 0 Å². The molecule has 0 heterocycles. The summed E-state index contributed by atoms with van der Waals surface area (Å²) in [6.45, 7) is 0.675. The normalized spacial score (nSPS) is 13.9. The Morgan fingerprint density at radius 3 is 1.43 bits per heavy atom. The van der Waals surface area contributed by atoms with Crippen molar-refractivity contribution in [1.82, 2.24) is 10.6 Å². The molecule has 0 radical (unpaired) electrons. The average Bonchev–Trinajstić information content (AvgIpc) is 3.67. The summed E-state index contributed by atoms with van der Waals surface area (Å²) in [5.41, 5.74) is 16.1. The third-order valence-electron chi connectivity index (χ3n) is 9.22. The topological polar surface area (TPSA) is 191 Å². The number of hydrogen-bond donors (Lipinski definition) is 4. The van der Waals surface area contributed by atoms with Crippen LogP contribution in [0.3, 0.4) is 0 Å². The summed E-state index contributed by atoms with van der Waals surface area (Å²) in [6.07, 6.45) is -1.18. The Balaban J connectivity index is 1.16. The van der Waals surface area contributed by atoms with Crippen LogP contribution in [0.1, 0.15) is 34.1 Å². The van der Waals surface area contributed by atoms with Crippen LogP contribution in [0.4, 0.5) is 4.79 Å². The van der Waals surface area contributed by atoms with Crippen LogP contribution < -0.4 is 22.1 Å². The predicted molar refractivity (Wildman–Crippen MR) is 194 cm³/mol. The first-order valence-electron chi connectivity index (χ1n) is 17.4. The van der Waals surface area contributed by atoms with Crippen LogP contribution in [-0.4, -0.2) is 88.9 Å². The van der Waals surface area contributed by atoms with Crippen molar-refractivity contribution in [3.8, 4) is 22.3 Å². The number of hydrogen-bond acceptors (Lipinski definition) is 10. The molecule has 2 aliphatic rings. The molecule has 6 N–H and O–H groups in total. The molecule has 276 valence electrons. The minimum Gasteiger partial charge on any atom is -0.461 e. The van der Waals surface area contributed by atoms with Crippen LogP contribution in [-0.2, 0) is 38.1 Å². The van der Waals surface area contributed by atoms with Crippen molar-refractivity contribution in [3.05, 3.63) is 119 Å². The number of carbonyl (C=O) groups excluding carboxylic acids is 4. The van der Waals surface area contributed by atoms with E-state index in [1.54, 1.807) is 0 Å². The highest BCUT2D eigenvalue weighted by molar-refractivity contribution is 6.11. The predicted octanol–water partition coefficient (Wildman–Crippen LogP) is 3.19. The quantitative estimate of drug-likeness (QED) is 0.0514. The second-order valence-electron chi connectivity index (χ2n) is 12.5. The van der Waals surface area contributed by atoms with Gasteiger partial charge >= 0.3 is 12.1 Å². The molecular formula is C40H42N4O9. The van der Waals surface area contributed by atoms with Gasteiger partial charge in [0.25, 0.3) is 11.6 Å². The second kappa shape index (κ2) is 17.3. The van der Waals surface area contributed by atoms with Crippen molar-refractivity contribution >= 4 is 23.9 Å². The van der Waals surface area contributed by atoms with Crippen molar-refractivity contribution in [2.45, 2.75) is 17.5 Å². The first-order chi connectivity index (χ1) is 25.8. The number of esters is 1. The fourth-order valence-electron chi connectivity index (χ4n) is 6.78. The number of carbonyl (C=O) groups is 4. The fraction of sp³-hybridized carbons (Fsp3) is 0.300. The largest absolute Gasteiger partial charge is 0.461 e. The monoisotopic (exact) mass is 722 g/mol. The molecule has 13 nitrogen and oxygen atoms in total. The van der Waals surface area contributed by atoms with Crippen LogP contribution >= 0.6 is 0 Å². The Labute approximate surface area is 306 Å². The Kier molecular flexibility index (Phi) is 12.1. The van der Waals surface area contributed by atoms with Gasteiger partial charge in [0.05, 0.1) is 33.0 Å². The van der Waals surface area contributed by atoms with Crippen LogP contribution in [0.2, 0.25) is 0 Å². The lowest BCUT2D eigenvalue weighted by molar-refractivity contribution is -0.160. The summed E-state index contributed by atoms with van der Waals surface area (Å²) in [6, 6.07) is 31.0. The highest BCUT2D eigenvalue weighted by atomic mass is 16.6. The first kappa shape index (κ1) is 37.2. The zero-order valence-electron chi connectivity index (χ0n) is 29.1. The van der Waals surface area contributed by atoms with E-state index < -0.39 is 36.1 Å². The molecule has 1 atom stereocenters. The van der Waals surface area contributed by atoms with E-state index in [9.17, 15) is 19.2 Å². The van der Waals surface area contributed by atoms with E-state index in [1.807, 2.05) is 97.1 Å². The maximum absolute atomic E-state index is 14.0. The van der Waals surface area contributed by atoms with Gasteiger partial charge in [-0.1, -0.05) is 97.1 Å². The Morgan fingerprint density at radius 1 is 0.566 bits per heavy atom. The van der Waals surface area contributed by atoms with Crippen molar-refractivity contribution in [1.29, 1.82) is 0 Å². The van der Waals surface area contributed by atoms with Gasteiger partial charge in [0, 0.05) is 18.4 Å². The lowest BCUT2D eigenvalue weighted by atomic mass is 9.98. The van der Waals surface area contributed by atoms with Crippen molar-refractivity contribution in [3.63, 3.8) is 0 Å². The maximum atomic E-state index is 14.0. The molecule has 0 fully saturated rings. The number of alkyl carbamates (subject to hydrolysis) is 1. The number of fused-ring (bicyclic) bond motifs is 6. The zero-order valence-corrected chi connectivity index (χ0v) is 29.1. The summed E-state index contributed by atoms with van der Waals surface area (Å²) < 4.78 is 27.4. The van der Waals surface area contributed by atoms with E-state index in [4.69, 9.17) is 35.2 Å². The summed E-state index contributed by atoms with van der Waals surface area (Å²) in [4.78, 5) is 53.8. The van der Waals surface area contributed by atoms with Gasteiger partial charge in [-0.05, 0) is 44.5 Å². The fourth-order valence-corrected chi connectivity index (χ4v) is 6.78. The van der Waals surface area contributed by atoms with Gasteiger partial charge in [0.2, 0.25) is 5.91 Å². The molecule has 4 aromatic carbocycles. The molecule has 0 saturated heterocycles. The Bertz CT molecular complexity index is 1860. The molecule has 53 heavy (non-hydrogen) atoms. The molecule has 2 aliphatic carbocycles. The molecule has 0 saturated carbocycles. The lowest BCUT2D eigenvalue weighted by Gasteiger charge is -2.30. The molecule has 4 aromatic rings. The lowest BCUT2D eigenvalue weighted by Crippen LogP contribution is -2.73.